The molecule has 0 unspecified atom stereocenters. The first-order valence-electron chi connectivity index (χ1n) is 5.51. The Labute approximate surface area is 107 Å². The van der Waals surface area contributed by atoms with Gasteiger partial charge in [0.25, 0.3) is 5.89 Å². The van der Waals surface area contributed by atoms with E-state index in [2.05, 4.69) is 10.1 Å². The highest BCUT2D eigenvalue weighted by Gasteiger charge is 2.23. The number of hydrogen-bond donors (Lipinski definition) is 1. The maximum atomic E-state index is 11.0. The second kappa shape index (κ2) is 5.44. The van der Waals surface area contributed by atoms with Crippen LogP contribution in [0.5, 0.6) is 5.75 Å². The quantitative estimate of drug-likeness (QED) is 0.644. The number of para-hydroxylation sites is 1. The van der Waals surface area contributed by atoms with Crippen molar-refractivity contribution in [3.63, 3.8) is 0 Å². The predicted octanol–water partition coefficient (Wildman–Crippen LogP) is 1.54. The van der Waals surface area contributed by atoms with Crippen LogP contribution in [0.25, 0.3) is 11.5 Å². The van der Waals surface area contributed by atoms with Gasteiger partial charge in [-0.2, -0.15) is 4.98 Å². The zero-order valence-corrected chi connectivity index (χ0v) is 10.1. The maximum Gasteiger partial charge on any atom is 0.311 e. The second-order valence-electron chi connectivity index (χ2n) is 3.52. The highest BCUT2D eigenvalue weighted by atomic mass is 16.6. The van der Waals surface area contributed by atoms with E-state index in [0.717, 1.165) is 0 Å². The van der Waals surface area contributed by atoms with Gasteiger partial charge in [0.1, 0.15) is 6.61 Å². The Morgan fingerprint density at radius 3 is 2.89 bits per heavy atom. The molecule has 1 aromatic carbocycles. The summed E-state index contributed by atoms with van der Waals surface area (Å²) in [5.41, 5.74) is 0.145. The minimum absolute atomic E-state index is 0.0659. The van der Waals surface area contributed by atoms with E-state index in [-0.39, 0.29) is 36.4 Å². The number of rotatable bonds is 5. The van der Waals surface area contributed by atoms with Crippen LogP contribution < -0.4 is 4.74 Å². The fraction of sp³-hybridized carbons (Fsp3) is 0.273. The third-order valence-electron chi connectivity index (χ3n) is 2.32. The number of ether oxygens (including phenoxy) is 1. The normalized spacial score (nSPS) is 10.4. The third kappa shape index (κ3) is 2.52. The van der Waals surface area contributed by atoms with Crippen LogP contribution in [0.3, 0.4) is 0 Å². The molecule has 0 aliphatic heterocycles. The summed E-state index contributed by atoms with van der Waals surface area (Å²) in [5, 5.41) is 23.4. The Morgan fingerprint density at radius 1 is 1.53 bits per heavy atom. The van der Waals surface area contributed by atoms with Crippen LogP contribution in [0.2, 0.25) is 0 Å². The SMILES string of the molecule is CCOc1c(-c2nc(CO)no2)cccc1[N+](=O)[O-]. The van der Waals surface area contributed by atoms with E-state index in [1.165, 1.54) is 12.1 Å². The molecule has 1 heterocycles. The number of hydrogen-bond acceptors (Lipinski definition) is 7. The van der Waals surface area contributed by atoms with Crippen molar-refractivity contribution in [2.75, 3.05) is 6.61 Å². The number of nitro benzene ring substituents is 1. The molecule has 1 aromatic heterocycles. The minimum Gasteiger partial charge on any atom is -0.487 e. The lowest BCUT2D eigenvalue weighted by Crippen LogP contribution is -1.99. The van der Waals surface area contributed by atoms with Crippen LogP contribution in [-0.4, -0.2) is 26.8 Å². The van der Waals surface area contributed by atoms with E-state index in [0.29, 0.717) is 5.56 Å². The van der Waals surface area contributed by atoms with Crippen molar-refractivity contribution in [2.24, 2.45) is 0 Å². The van der Waals surface area contributed by atoms with Gasteiger partial charge >= 0.3 is 5.69 Å². The molecule has 0 radical (unpaired) electrons. The molecule has 0 bridgehead atoms. The first kappa shape index (κ1) is 13.0. The maximum absolute atomic E-state index is 11.0. The number of aliphatic hydroxyl groups is 1. The monoisotopic (exact) mass is 265 g/mol. The van der Waals surface area contributed by atoms with Gasteiger partial charge in [0.15, 0.2) is 5.82 Å². The molecule has 8 heteroatoms. The first-order chi connectivity index (χ1) is 9.17. The van der Waals surface area contributed by atoms with Crippen LogP contribution in [-0.2, 0) is 6.61 Å². The lowest BCUT2D eigenvalue weighted by molar-refractivity contribution is -0.385. The molecule has 0 aliphatic carbocycles. The molecule has 2 rings (SSSR count). The van der Waals surface area contributed by atoms with E-state index in [9.17, 15) is 10.1 Å². The van der Waals surface area contributed by atoms with Gasteiger partial charge in [-0.25, -0.2) is 0 Å². The molecule has 8 nitrogen and oxygen atoms in total. The summed E-state index contributed by atoms with van der Waals surface area (Å²) in [6, 6.07) is 4.41. The Balaban J connectivity index is 2.55. The van der Waals surface area contributed by atoms with E-state index in [1.807, 2.05) is 0 Å². The van der Waals surface area contributed by atoms with Crippen molar-refractivity contribution in [1.82, 2.24) is 10.1 Å². The molecule has 100 valence electrons. The Morgan fingerprint density at radius 2 is 2.32 bits per heavy atom. The molecule has 2 aromatic rings. The smallest absolute Gasteiger partial charge is 0.311 e. The topological polar surface area (TPSA) is 112 Å². The van der Waals surface area contributed by atoms with Crippen molar-refractivity contribution in [3.05, 3.63) is 34.1 Å². The molecule has 0 saturated carbocycles. The van der Waals surface area contributed by atoms with Crippen molar-refractivity contribution in [3.8, 4) is 17.2 Å². The van der Waals surface area contributed by atoms with E-state index in [1.54, 1.807) is 13.0 Å². The molecular formula is C11H11N3O5. The summed E-state index contributed by atoms with van der Waals surface area (Å²) in [6.45, 7) is 1.61. The molecule has 1 N–H and O–H groups in total. The van der Waals surface area contributed by atoms with Crippen molar-refractivity contribution in [2.45, 2.75) is 13.5 Å². The molecule has 0 spiro atoms. The Hall–Kier alpha value is -2.48. The van der Waals surface area contributed by atoms with Gasteiger partial charge in [0.05, 0.1) is 17.1 Å². The Kier molecular flexibility index (Phi) is 3.71. The fourth-order valence-corrected chi connectivity index (χ4v) is 1.56. The first-order valence-corrected chi connectivity index (χ1v) is 5.51. The molecular weight excluding hydrogens is 254 g/mol. The molecule has 0 fully saturated rings. The zero-order valence-electron chi connectivity index (χ0n) is 10.1. The highest BCUT2D eigenvalue weighted by molar-refractivity contribution is 5.69. The number of nitro groups is 1. The van der Waals surface area contributed by atoms with Crippen LogP contribution in [0.15, 0.2) is 22.7 Å². The van der Waals surface area contributed by atoms with E-state index >= 15 is 0 Å². The number of benzene rings is 1. The van der Waals surface area contributed by atoms with Crippen LogP contribution in [0.4, 0.5) is 5.69 Å². The predicted molar refractivity (Wildman–Crippen MR) is 63.5 cm³/mol. The largest absolute Gasteiger partial charge is 0.487 e. The standard InChI is InChI=1S/C11H11N3O5/c1-2-18-10-7(4-3-5-8(10)14(16)17)11-12-9(6-15)13-19-11/h3-5,15H,2,6H2,1H3. The van der Waals surface area contributed by atoms with Gasteiger partial charge < -0.3 is 14.4 Å². The van der Waals surface area contributed by atoms with Crippen molar-refractivity contribution >= 4 is 5.69 Å². The van der Waals surface area contributed by atoms with Crippen molar-refractivity contribution < 1.29 is 19.3 Å². The van der Waals surface area contributed by atoms with Crippen molar-refractivity contribution in [1.29, 1.82) is 0 Å². The molecule has 19 heavy (non-hydrogen) atoms. The van der Waals surface area contributed by atoms with E-state index in [4.69, 9.17) is 14.4 Å². The number of nitrogens with zero attached hydrogens (tertiary/aromatic N) is 3. The second-order valence-corrected chi connectivity index (χ2v) is 3.52. The van der Waals surface area contributed by atoms with E-state index < -0.39 is 4.92 Å². The summed E-state index contributed by atoms with van der Waals surface area (Å²) < 4.78 is 10.2. The fourth-order valence-electron chi connectivity index (χ4n) is 1.56. The van der Waals surface area contributed by atoms with Gasteiger partial charge in [0, 0.05) is 6.07 Å². The van der Waals surface area contributed by atoms with Crippen LogP contribution in [0, 0.1) is 10.1 Å². The number of aliphatic hydroxyl groups excluding tert-OH is 1. The highest BCUT2D eigenvalue weighted by Crippen LogP contribution is 2.37. The van der Waals surface area contributed by atoms with Gasteiger partial charge in [-0.3, -0.25) is 10.1 Å². The van der Waals surface area contributed by atoms with Gasteiger partial charge in [-0.15, -0.1) is 0 Å². The summed E-state index contributed by atoms with van der Waals surface area (Å²) in [6.07, 6.45) is 0. The summed E-state index contributed by atoms with van der Waals surface area (Å²) in [5.74, 6) is 0.239. The zero-order chi connectivity index (χ0) is 13.8. The summed E-state index contributed by atoms with van der Waals surface area (Å²) >= 11 is 0. The van der Waals surface area contributed by atoms with Crippen LogP contribution >= 0.6 is 0 Å². The lowest BCUT2D eigenvalue weighted by atomic mass is 10.1. The minimum atomic E-state index is -0.544. The number of aromatic nitrogens is 2. The Bertz CT molecular complexity index is 596. The third-order valence-corrected chi connectivity index (χ3v) is 2.32. The molecule has 0 aliphatic rings. The molecule has 0 atom stereocenters. The lowest BCUT2D eigenvalue weighted by Gasteiger charge is -2.07. The molecule has 0 amide bonds. The van der Waals surface area contributed by atoms with Gasteiger partial charge in [-0.05, 0) is 13.0 Å². The van der Waals surface area contributed by atoms with Gasteiger partial charge in [0.2, 0.25) is 5.75 Å². The summed E-state index contributed by atoms with van der Waals surface area (Å²) in [4.78, 5) is 14.3. The summed E-state index contributed by atoms with van der Waals surface area (Å²) in [7, 11) is 0. The van der Waals surface area contributed by atoms with Crippen LogP contribution in [0.1, 0.15) is 12.7 Å². The average molecular weight is 265 g/mol. The van der Waals surface area contributed by atoms with Gasteiger partial charge in [-0.1, -0.05) is 11.2 Å². The average Bonchev–Trinajstić information content (AvgIpc) is 2.87. The molecule has 0 saturated heterocycles.